The highest BCUT2D eigenvalue weighted by Crippen LogP contribution is 2.23. The Kier molecular flexibility index (Phi) is 4.35. The normalized spacial score (nSPS) is 29.6. The van der Waals surface area contributed by atoms with Crippen molar-refractivity contribution in [3.63, 3.8) is 0 Å². The number of hydrogen-bond donors (Lipinski definition) is 3. The van der Waals surface area contributed by atoms with Crippen molar-refractivity contribution in [1.29, 1.82) is 0 Å². The number of aliphatic hydroxyl groups excluding tert-OH is 1. The van der Waals surface area contributed by atoms with Gasteiger partial charge in [0.15, 0.2) is 0 Å². The standard InChI is InChI=1S/C10H20N2O2/c1-7(6-13)12-10(14)8-3-2-4-9(11)5-8/h7-9,13H,2-6,11H2,1H3,(H,12,14). The third kappa shape index (κ3) is 3.27. The van der Waals surface area contributed by atoms with Crippen LogP contribution in [0.25, 0.3) is 0 Å². The zero-order valence-electron chi connectivity index (χ0n) is 8.70. The van der Waals surface area contributed by atoms with Gasteiger partial charge in [0, 0.05) is 18.0 Å². The topological polar surface area (TPSA) is 75.3 Å². The van der Waals surface area contributed by atoms with E-state index in [1.807, 2.05) is 0 Å². The first-order chi connectivity index (χ1) is 6.63. The predicted octanol–water partition coefficient (Wildman–Crippen LogP) is 0.000900. The fourth-order valence-corrected chi connectivity index (χ4v) is 1.87. The molecule has 0 aromatic carbocycles. The highest BCUT2D eigenvalue weighted by Gasteiger charge is 2.25. The fourth-order valence-electron chi connectivity index (χ4n) is 1.87. The molecule has 0 radical (unpaired) electrons. The van der Waals surface area contributed by atoms with Crippen molar-refractivity contribution in [3.8, 4) is 0 Å². The van der Waals surface area contributed by atoms with Gasteiger partial charge in [0.25, 0.3) is 0 Å². The van der Waals surface area contributed by atoms with Crippen LogP contribution in [0.2, 0.25) is 0 Å². The molecule has 3 atom stereocenters. The van der Waals surface area contributed by atoms with E-state index in [1.165, 1.54) is 0 Å². The number of amides is 1. The smallest absolute Gasteiger partial charge is 0.223 e. The van der Waals surface area contributed by atoms with Gasteiger partial charge in [0.1, 0.15) is 0 Å². The van der Waals surface area contributed by atoms with E-state index >= 15 is 0 Å². The van der Waals surface area contributed by atoms with Crippen molar-refractivity contribution >= 4 is 5.91 Å². The summed E-state index contributed by atoms with van der Waals surface area (Å²) in [5.41, 5.74) is 5.80. The SMILES string of the molecule is CC(CO)NC(=O)C1CCCC(N)C1. The number of carbonyl (C=O) groups is 1. The highest BCUT2D eigenvalue weighted by atomic mass is 16.3. The Morgan fingerprint density at radius 3 is 2.93 bits per heavy atom. The Labute approximate surface area is 84.9 Å². The first kappa shape index (κ1) is 11.5. The van der Waals surface area contributed by atoms with Gasteiger partial charge in [-0.05, 0) is 26.2 Å². The quantitative estimate of drug-likeness (QED) is 0.600. The highest BCUT2D eigenvalue weighted by molar-refractivity contribution is 5.79. The first-order valence-electron chi connectivity index (χ1n) is 5.30. The van der Waals surface area contributed by atoms with E-state index in [1.54, 1.807) is 6.92 Å². The van der Waals surface area contributed by atoms with Crippen LogP contribution in [0.5, 0.6) is 0 Å². The summed E-state index contributed by atoms with van der Waals surface area (Å²) in [4.78, 5) is 11.6. The number of rotatable bonds is 3. The minimum Gasteiger partial charge on any atom is -0.394 e. The minimum absolute atomic E-state index is 0.00941. The molecule has 0 spiro atoms. The van der Waals surface area contributed by atoms with E-state index in [4.69, 9.17) is 10.8 Å². The fraction of sp³-hybridized carbons (Fsp3) is 0.900. The van der Waals surface area contributed by atoms with E-state index in [9.17, 15) is 4.79 Å². The molecule has 1 aliphatic rings. The number of hydrogen-bond acceptors (Lipinski definition) is 3. The molecule has 1 amide bonds. The molecule has 0 heterocycles. The first-order valence-corrected chi connectivity index (χ1v) is 5.30. The molecule has 0 bridgehead atoms. The van der Waals surface area contributed by atoms with Gasteiger partial charge in [0.05, 0.1) is 6.61 Å². The van der Waals surface area contributed by atoms with Crippen molar-refractivity contribution in [2.45, 2.75) is 44.7 Å². The molecule has 0 aliphatic heterocycles. The van der Waals surface area contributed by atoms with Gasteiger partial charge in [-0.2, -0.15) is 0 Å². The molecule has 4 heteroatoms. The Balaban J connectivity index is 2.36. The molecular formula is C10H20N2O2. The summed E-state index contributed by atoms with van der Waals surface area (Å²) in [5.74, 6) is 0.0921. The van der Waals surface area contributed by atoms with Crippen LogP contribution in [0.4, 0.5) is 0 Å². The zero-order valence-corrected chi connectivity index (χ0v) is 8.70. The average molecular weight is 200 g/mol. The molecule has 82 valence electrons. The van der Waals surface area contributed by atoms with Gasteiger partial charge in [-0.3, -0.25) is 4.79 Å². The maximum atomic E-state index is 11.6. The van der Waals surface area contributed by atoms with Crippen LogP contribution in [-0.4, -0.2) is 29.7 Å². The van der Waals surface area contributed by atoms with Gasteiger partial charge in [0.2, 0.25) is 5.91 Å². The van der Waals surface area contributed by atoms with Gasteiger partial charge < -0.3 is 16.2 Å². The van der Waals surface area contributed by atoms with Crippen LogP contribution < -0.4 is 11.1 Å². The van der Waals surface area contributed by atoms with E-state index < -0.39 is 0 Å². The van der Waals surface area contributed by atoms with E-state index in [0.29, 0.717) is 0 Å². The maximum Gasteiger partial charge on any atom is 0.223 e. The molecule has 3 unspecified atom stereocenters. The van der Waals surface area contributed by atoms with E-state index in [2.05, 4.69) is 5.32 Å². The average Bonchev–Trinajstić information content (AvgIpc) is 2.17. The van der Waals surface area contributed by atoms with Gasteiger partial charge in [-0.25, -0.2) is 0 Å². The molecule has 1 fully saturated rings. The summed E-state index contributed by atoms with van der Waals surface area (Å²) in [5, 5.41) is 11.6. The molecule has 4 N–H and O–H groups in total. The second kappa shape index (κ2) is 5.32. The zero-order chi connectivity index (χ0) is 10.6. The molecule has 0 aromatic heterocycles. The predicted molar refractivity (Wildman–Crippen MR) is 54.6 cm³/mol. The van der Waals surface area contributed by atoms with E-state index in [-0.39, 0.29) is 30.5 Å². The Morgan fingerprint density at radius 2 is 2.36 bits per heavy atom. The molecule has 14 heavy (non-hydrogen) atoms. The molecule has 0 aromatic rings. The van der Waals surface area contributed by atoms with Crippen molar-refractivity contribution in [3.05, 3.63) is 0 Å². The molecule has 4 nitrogen and oxygen atoms in total. The number of aliphatic hydroxyl groups is 1. The number of nitrogens with two attached hydrogens (primary N) is 1. The van der Waals surface area contributed by atoms with Crippen molar-refractivity contribution in [2.24, 2.45) is 11.7 Å². The largest absolute Gasteiger partial charge is 0.394 e. The van der Waals surface area contributed by atoms with Crippen LogP contribution in [0, 0.1) is 5.92 Å². The van der Waals surface area contributed by atoms with E-state index in [0.717, 1.165) is 25.7 Å². The van der Waals surface area contributed by atoms with Crippen LogP contribution in [0.15, 0.2) is 0 Å². The third-order valence-corrected chi connectivity index (χ3v) is 2.75. The minimum atomic E-state index is -0.152. The van der Waals surface area contributed by atoms with Crippen LogP contribution in [0.1, 0.15) is 32.6 Å². The van der Waals surface area contributed by atoms with Crippen LogP contribution in [-0.2, 0) is 4.79 Å². The Hall–Kier alpha value is -0.610. The second-order valence-electron chi connectivity index (χ2n) is 4.22. The molecule has 1 rings (SSSR count). The summed E-state index contributed by atoms with van der Waals surface area (Å²) in [6.45, 7) is 1.78. The van der Waals surface area contributed by atoms with Gasteiger partial charge >= 0.3 is 0 Å². The lowest BCUT2D eigenvalue weighted by Gasteiger charge is -2.26. The summed E-state index contributed by atoms with van der Waals surface area (Å²) in [6.07, 6.45) is 3.77. The second-order valence-corrected chi connectivity index (χ2v) is 4.22. The maximum absolute atomic E-state index is 11.6. The lowest BCUT2D eigenvalue weighted by Crippen LogP contribution is -2.42. The lowest BCUT2D eigenvalue weighted by atomic mass is 9.85. The lowest BCUT2D eigenvalue weighted by molar-refractivity contribution is -0.127. The summed E-state index contributed by atoms with van der Waals surface area (Å²) < 4.78 is 0. The summed E-state index contributed by atoms with van der Waals surface area (Å²) in [6, 6.07) is 0.0181. The van der Waals surface area contributed by atoms with Crippen LogP contribution >= 0.6 is 0 Å². The monoisotopic (exact) mass is 200 g/mol. The number of carbonyl (C=O) groups excluding carboxylic acids is 1. The molecule has 0 saturated heterocycles. The van der Waals surface area contributed by atoms with Crippen molar-refractivity contribution in [2.75, 3.05) is 6.61 Å². The number of nitrogens with one attached hydrogen (secondary N) is 1. The molecular weight excluding hydrogens is 180 g/mol. The van der Waals surface area contributed by atoms with Crippen molar-refractivity contribution in [1.82, 2.24) is 5.32 Å². The third-order valence-electron chi connectivity index (χ3n) is 2.75. The molecule has 1 saturated carbocycles. The van der Waals surface area contributed by atoms with Crippen molar-refractivity contribution < 1.29 is 9.90 Å². The summed E-state index contributed by atoms with van der Waals surface area (Å²) in [7, 11) is 0. The Morgan fingerprint density at radius 1 is 1.64 bits per heavy atom. The van der Waals surface area contributed by atoms with Gasteiger partial charge in [-0.1, -0.05) is 6.42 Å². The molecule has 1 aliphatic carbocycles. The summed E-state index contributed by atoms with van der Waals surface area (Å²) >= 11 is 0. The van der Waals surface area contributed by atoms with Gasteiger partial charge in [-0.15, -0.1) is 0 Å². The Bertz CT molecular complexity index is 197. The van der Waals surface area contributed by atoms with Crippen LogP contribution in [0.3, 0.4) is 0 Å².